The van der Waals surface area contributed by atoms with Crippen molar-refractivity contribution in [2.24, 2.45) is 5.92 Å². The fourth-order valence-electron chi connectivity index (χ4n) is 6.09. The van der Waals surface area contributed by atoms with E-state index in [1.54, 1.807) is 0 Å². The lowest BCUT2D eigenvalue weighted by Crippen LogP contribution is -2.28. The van der Waals surface area contributed by atoms with Crippen LogP contribution in [0, 0.1) is 17.2 Å². The molecule has 0 amide bonds. The molecule has 1 unspecified atom stereocenters. The van der Waals surface area contributed by atoms with Crippen molar-refractivity contribution in [2.45, 2.75) is 25.7 Å². The Kier molecular flexibility index (Phi) is 7.17. The van der Waals surface area contributed by atoms with Crippen LogP contribution in [0.3, 0.4) is 0 Å². The maximum Gasteiger partial charge on any atom is 0.205 e. The lowest BCUT2D eigenvalue weighted by atomic mass is 9.76. The molecule has 0 aromatic heterocycles. The van der Waals surface area contributed by atoms with Gasteiger partial charge in [-0.05, 0) is 83.3 Å². The highest BCUT2D eigenvalue weighted by molar-refractivity contribution is 6.02. The van der Waals surface area contributed by atoms with Crippen LogP contribution in [0.2, 0.25) is 0 Å². The van der Waals surface area contributed by atoms with Crippen LogP contribution in [0.4, 0.5) is 11.4 Å². The standard InChI is InChI=1S/C37H34N3/c1-39(32-19-13-29(14-20-32)27-9-5-3-6-10-27)34-23-17-31-18-24-37(36(26-38)35(31)25-34)40(2)33-21-15-30(16-22-33)28-11-7-4-8-12-28/h3-16,19-22,25,31H,17-18,23-24H2,1-2H3/q+1. The molecule has 0 N–H and O–H groups in total. The van der Waals surface area contributed by atoms with E-state index >= 15 is 0 Å². The molecule has 0 saturated heterocycles. The Morgan fingerprint density at radius 3 is 1.80 bits per heavy atom. The van der Waals surface area contributed by atoms with Crippen molar-refractivity contribution < 1.29 is 4.58 Å². The summed E-state index contributed by atoms with van der Waals surface area (Å²) in [5, 5.41) is 10.4. The molecule has 0 saturated carbocycles. The third-order valence-corrected chi connectivity index (χ3v) is 8.49. The van der Waals surface area contributed by atoms with Gasteiger partial charge in [0.2, 0.25) is 5.69 Å². The first kappa shape index (κ1) is 25.6. The Hall–Kier alpha value is -4.68. The molecular weight excluding hydrogens is 486 g/mol. The minimum Gasteiger partial charge on any atom is -0.348 e. The minimum atomic E-state index is 0.449. The van der Waals surface area contributed by atoms with E-state index in [2.05, 4.69) is 133 Å². The van der Waals surface area contributed by atoms with Crippen molar-refractivity contribution in [2.75, 3.05) is 19.0 Å². The second kappa shape index (κ2) is 11.2. The van der Waals surface area contributed by atoms with Crippen LogP contribution in [0.5, 0.6) is 0 Å². The second-order valence-electron chi connectivity index (χ2n) is 10.7. The first-order chi connectivity index (χ1) is 19.6. The molecule has 0 bridgehead atoms. The summed E-state index contributed by atoms with van der Waals surface area (Å²) in [5.74, 6) is 0.449. The summed E-state index contributed by atoms with van der Waals surface area (Å²) in [7, 11) is 4.24. The molecule has 4 aromatic rings. The van der Waals surface area contributed by atoms with Gasteiger partial charge in [-0.1, -0.05) is 72.8 Å². The largest absolute Gasteiger partial charge is 0.348 e. The molecule has 3 nitrogen and oxygen atoms in total. The van der Waals surface area contributed by atoms with Crippen LogP contribution in [-0.2, 0) is 0 Å². The molecule has 0 spiro atoms. The van der Waals surface area contributed by atoms with E-state index in [1.807, 2.05) is 12.1 Å². The minimum absolute atomic E-state index is 0.449. The van der Waals surface area contributed by atoms with Crippen LogP contribution in [-0.4, -0.2) is 24.4 Å². The monoisotopic (exact) mass is 520 g/mol. The van der Waals surface area contributed by atoms with E-state index in [4.69, 9.17) is 0 Å². The lowest BCUT2D eigenvalue weighted by Gasteiger charge is -2.33. The zero-order valence-electron chi connectivity index (χ0n) is 23.2. The van der Waals surface area contributed by atoms with Gasteiger partial charge in [-0.3, -0.25) is 0 Å². The summed E-state index contributed by atoms with van der Waals surface area (Å²) in [4.78, 5) is 2.29. The third kappa shape index (κ3) is 5.01. The van der Waals surface area contributed by atoms with Gasteiger partial charge in [-0.15, -0.1) is 0 Å². The molecule has 3 heteroatoms. The Labute approximate surface area is 237 Å². The van der Waals surface area contributed by atoms with Gasteiger partial charge in [0.05, 0.1) is 0 Å². The molecule has 2 aliphatic carbocycles. The number of benzene rings is 4. The first-order valence-corrected chi connectivity index (χ1v) is 14.1. The van der Waals surface area contributed by atoms with Crippen molar-refractivity contribution in [3.63, 3.8) is 0 Å². The molecule has 0 heterocycles. The Morgan fingerprint density at radius 1 is 0.700 bits per heavy atom. The van der Waals surface area contributed by atoms with Gasteiger partial charge in [0, 0.05) is 37.0 Å². The molecule has 0 aliphatic heterocycles. The average Bonchev–Trinajstić information content (AvgIpc) is 3.04. The van der Waals surface area contributed by atoms with Gasteiger partial charge in [0.1, 0.15) is 18.7 Å². The van der Waals surface area contributed by atoms with Crippen molar-refractivity contribution in [3.05, 3.63) is 132 Å². The fourth-order valence-corrected chi connectivity index (χ4v) is 6.09. The predicted molar refractivity (Wildman–Crippen MR) is 166 cm³/mol. The number of fused-ring (bicyclic) bond motifs is 1. The number of nitriles is 1. The van der Waals surface area contributed by atoms with Crippen molar-refractivity contribution in [1.82, 2.24) is 0 Å². The molecule has 0 radical (unpaired) electrons. The maximum absolute atomic E-state index is 10.4. The lowest BCUT2D eigenvalue weighted by molar-refractivity contribution is -0.406. The highest BCUT2D eigenvalue weighted by atomic mass is 15.1. The Morgan fingerprint density at radius 2 is 1.23 bits per heavy atom. The van der Waals surface area contributed by atoms with Gasteiger partial charge in [0.15, 0.2) is 5.71 Å². The Balaban J connectivity index is 1.30. The molecule has 4 aromatic carbocycles. The summed E-state index contributed by atoms with van der Waals surface area (Å²) in [6, 6.07) is 41.0. The SMILES string of the molecule is CN(C1=CC2=C(C#N)/C(=[N+](\C)c3ccc(-c4ccccc4)cc3)CCC2CC1)c1ccc(-c2ccccc2)cc1. The normalized spacial score (nSPS) is 17.9. The summed E-state index contributed by atoms with van der Waals surface area (Å²) in [5.41, 5.74) is 11.6. The highest BCUT2D eigenvalue weighted by Crippen LogP contribution is 2.40. The van der Waals surface area contributed by atoms with Crippen LogP contribution < -0.4 is 4.90 Å². The Bertz CT molecular complexity index is 1640. The summed E-state index contributed by atoms with van der Waals surface area (Å²) < 4.78 is 2.21. The smallest absolute Gasteiger partial charge is 0.205 e. The molecule has 0 fully saturated rings. The molecular formula is C37H34N3+. The number of rotatable bonds is 5. The van der Waals surface area contributed by atoms with E-state index < -0.39 is 0 Å². The average molecular weight is 521 g/mol. The number of anilines is 1. The van der Waals surface area contributed by atoms with Crippen molar-refractivity contribution in [1.29, 1.82) is 5.26 Å². The fraction of sp³-hybridized carbons (Fsp3) is 0.189. The number of allylic oxidation sites excluding steroid dienone is 4. The zero-order valence-corrected chi connectivity index (χ0v) is 23.2. The summed E-state index contributed by atoms with van der Waals surface area (Å²) in [6.45, 7) is 0. The quantitative estimate of drug-likeness (QED) is 0.246. The zero-order chi connectivity index (χ0) is 27.5. The molecule has 2 aliphatic rings. The number of hydrogen-bond acceptors (Lipinski definition) is 2. The topological polar surface area (TPSA) is 30.0 Å². The molecule has 196 valence electrons. The van der Waals surface area contributed by atoms with Gasteiger partial charge in [-0.25, -0.2) is 0 Å². The van der Waals surface area contributed by atoms with E-state index in [0.29, 0.717) is 5.92 Å². The van der Waals surface area contributed by atoms with Crippen LogP contribution >= 0.6 is 0 Å². The molecule has 1 atom stereocenters. The number of nitrogens with zero attached hydrogens (tertiary/aromatic N) is 3. The number of hydrogen-bond donors (Lipinski definition) is 0. The van der Waals surface area contributed by atoms with Gasteiger partial charge in [0.25, 0.3) is 0 Å². The van der Waals surface area contributed by atoms with Crippen LogP contribution in [0.15, 0.2) is 132 Å². The maximum atomic E-state index is 10.4. The third-order valence-electron chi connectivity index (χ3n) is 8.49. The van der Waals surface area contributed by atoms with Crippen molar-refractivity contribution in [3.8, 4) is 28.3 Å². The summed E-state index contributed by atoms with van der Waals surface area (Å²) in [6.07, 6.45) is 6.41. The van der Waals surface area contributed by atoms with Crippen LogP contribution in [0.25, 0.3) is 22.3 Å². The van der Waals surface area contributed by atoms with Gasteiger partial charge in [-0.2, -0.15) is 9.84 Å². The molecule has 6 rings (SSSR count). The van der Waals surface area contributed by atoms with E-state index in [-0.39, 0.29) is 0 Å². The molecule has 40 heavy (non-hydrogen) atoms. The summed E-state index contributed by atoms with van der Waals surface area (Å²) >= 11 is 0. The first-order valence-electron chi connectivity index (χ1n) is 14.1. The van der Waals surface area contributed by atoms with Crippen molar-refractivity contribution >= 4 is 17.1 Å². The van der Waals surface area contributed by atoms with Gasteiger partial charge < -0.3 is 4.90 Å². The van der Waals surface area contributed by atoms with Crippen LogP contribution in [0.1, 0.15) is 25.7 Å². The highest BCUT2D eigenvalue weighted by Gasteiger charge is 2.34. The predicted octanol–water partition coefficient (Wildman–Crippen LogP) is 8.78. The second-order valence-corrected chi connectivity index (χ2v) is 10.7. The van der Waals surface area contributed by atoms with E-state index in [9.17, 15) is 5.26 Å². The van der Waals surface area contributed by atoms with Gasteiger partial charge >= 0.3 is 0 Å². The van der Waals surface area contributed by atoms with E-state index in [1.165, 1.54) is 39.2 Å². The van der Waals surface area contributed by atoms with E-state index in [0.717, 1.165) is 42.7 Å².